The van der Waals surface area contributed by atoms with Crippen molar-refractivity contribution < 1.29 is 46.7 Å². The Labute approximate surface area is 218 Å². The number of rotatable bonds is 7. The normalized spacial score (nSPS) is 11.8. The summed E-state index contributed by atoms with van der Waals surface area (Å²) in [7, 11) is -8.79. The van der Waals surface area contributed by atoms with Gasteiger partial charge in [0.2, 0.25) is 16.6 Å². The highest BCUT2D eigenvalue weighted by atomic mass is 35.7. The lowest BCUT2D eigenvalue weighted by molar-refractivity contribution is -2.00. The zero-order chi connectivity index (χ0) is 28.0. The number of carbonyl (C=O) groups excluding carboxylic acids is 1. The molecule has 2 aromatic carbocycles. The standard InChI is InChI=1S/C25H29N3O3S.ClHO4/c1-17(2)23-13-20(19-9-6-5-7-10-19)14-24(18(3)4)28(23)16-25(29)27-21-11-8-12-22(15-21)32(26,30)31;2-1(3,4)5/h5-15,17-18H,16H2,1-4H3,(H2-,26,27,29,30,31);(H,2,3,4,5). The number of amides is 1. The molecule has 3 rings (SSSR count). The van der Waals surface area contributed by atoms with Gasteiger partial charge in [0, 0.05) is 29.7 Å². The molecule has 10 nitrogen and oxygen atoms in total. The van der Waals surface area contributed by atoms with Gasteiger partial charge in [-0.2, -0.15) is 4.57 Å². The van der Waals surface area contributed by atoms with E-state index in [0.717, 1.165) is 22.5 Å². The number of hydrogen-bond donors (Lipinski definition) is 2. The summed E-state index contributed by atoms with van der Waals surface area (Å²) in [5.41, 5.74) is 4.76. The number of anilines is 1. The van der Waals surface area contributed by atoms with Gasteiger partial charge in [-0.25, -0.2) is 32.2 Å². The number of nitrogens with zero attached hydrogens (tertiary/aromatic N) is 1. The molecule has 3 aromatic rings. The summed E-state index contributed by atoms with van der Waals surface area (Å²) in [6, 6.07) is 20.4. The van der Waals surface area contributed by atoms with Crippen molar-refractivity contribution in [3.63, 3.8) is 0 Å². The van der Waals surface area contributed by atoms with Crippen LogP contribution in [-0.2, 0) is 21.4 Å². The quantitative estimate of drug-likeness (QED) is 0.367. The van der Waals surface area contributed by atoms with Crippen molar-refractivity contribution in [3.05, 3.63) is 78.1 Å². The summed E-state index contributed by atoms with van der Waals surface area (Å²) in [5.74, 6) is 0.169. The van der Waals surface area contributed by atoms with E-state index in [-0.39, 0.29) is 29.2 Å². The van der Waals surface area contributed by atoms with Crippen LogP contribution in [0.25, 0.3) is 11.1 Å². The summed E-state index contributed by atoms with van der Waals surface area (Å²) in [5, 5.41) is 8.01. The molecule has 200 valence electrons. The number of primary sulfonamides is 1. The molecule has 0 bridgehead atoms. The highest BCUT2D eigenvalue weighted by Gasteiger charge is 2.26. The molecule has 0 spiro atoms. The van der Waals surface area contributed by atoms with Crippen LogP contribution in [-0.4, -0.2) is 14.3 Å². The minimum atomic E-state index is -4.94. The number of nitrogens with two attached hydrogens (primary N) is 1. The van der Waals surface area contributed by atoms with Crippen LogP contribution in [0.5, 0.6) is 0 Å². The van der Waals surface area contributed by atoms with Gasteiger partial charge in [-0.3, -0.25) is 4.79 Å². The predicted molar refractivity (Wildman–Crippen MR) is 127 cm³/mol. The molecule has 1 amide bonds. The van der Waals surface area contributed by atoms with Gasteiger partial charge in [0.05, 0.1) is 4.90 Å². The molecule has 0 fully saturated rings. The van der Waals surface area contributed by atoms with E-state index in [1.54, 1.807) is 12.1 Å². The third kappa shape index (κ3) is 9.82. The van der Waals surface area contributed by atoms with Gasteiger partial charge >= 0.3 is 0 Å². The Kier molecular flexibility index (Phi) is 10.3. The molecule has 1 heterocycles. The molecule has 0 saturated heterocycles. The summed E-state index contributed by atoms with van der Waals surface area (Å²) in [4.78, 5) is 12.9. The number of benzene rings is 2. The number of carbonyl (C=O) groups is 1. The third-order valence-electron chi connectivity index (χ3n) is 5.27. The average molecular weight is 552 g/mol. The fourth-order valence-corrected chi connectivity index (χ4v) is 4.26. The van der Waals surface area contributed by atoms with Gasteiger partial charge in [-0.05, 0) is 29.3 Å². The van der Waals surface area contributed by atoms with Crippen molar-refractivity contribution in [3.8, 4) is 11.1 Å². The minimum Gasteiger partial charge on any atom is -0.321 e. The van der Waals surface area contributed by atoms with Crippen molar-refractivity contribution >= 4 is 21.6 Å². The largest absolute Gasteiger partial charge is 0.321 e. The lowest BCUT2D eigenvalue weighted by Gasteiger charge is -2.17. The molecule has 1 aromatic heterocycles. The van der Waals surface area contributed by atoms with E-state index >= 15 is 0 Å². The maximum Gasteiger partial charge on any atom is 0.290 e. The Bertz CT molecular complexity index is 1290. The predicted octanol–water partition coefficient (Wildman–Crippen LogP) is -0.582. The molecule has 0 aliphatic carbocycles. The first-order valence-electron chi connectivity index (χ1n) is 11.2. The zero-order valence-electron chi connectivity index (χ0n) is 20.9. The van der Waals surface area contributed by atoms with E-state index in [0.29, 0.717) is 5.69 Å². The first-order chi connectivity index (χ1) is 17.1. The van der Waals surface area contributed by atoms with Gasteiger partial charge in [-0.1, -0.05) is 64.1 Å². The van der Waals surface area contributed by atoms with Crippen LogP contribution < -0.4 is 33.7 Å². The van der Waals surface area contributed by atoms with E-state index in [1.807, 2.05) is 18.2 Å². The fraction of sp³-hybridized carbons (Fsp3) is 0.280. The first kappa shape index (κ1) is 30.3. The number of nitrogens with one attached hydrogen (secondary N) is 1. The van der Waals surface area contributed by atoms with Crippen LogP contribution in [0.1, 0.15) is 50.9 Å². The third-order valence-corrected chi connectivity index (χ3v) is 6.18. The van der Waals surface area contributed by atoms with Gasteiger partial charge in [0.25, 0.3) is 5.91 Å². The van der Waals surface area contributed by atoms with Crippen LogP contribution in [0.15, 0.2) is 71.6 Å². The minimum absolute atomic E-state index is 0.0408. The van der Waals surface area contributed by atoms with E-state index in [2.05, 4.69) is 61.8 Å². The van der Waals surface area contributed by atoms with Crippen molar-refractivity contribution in [2.45, 2.75) is 51.0 Å². The lowest BCUT2D eigenvalue weighted by Crippen LogP contribution is -2.68. The Morgan fingerprint density at radius 1 is 0.865 bits per heavy atom. The Balaban J connectivity index is 0.000000877. The highest BCUT2D eigenvalue weighted by molar-refractivity contribution is 7.89. The van der Waals surface area contributed by atoms with Crippen LogP contribution >= 0.6 is 0 Å². The highest BCUT2D eigenvalue weighted by Crippen LogP contribution is 2.26. The molecule has 0 aliphatic heterocycles. The van der Waals surface area contributed by atoms with Crippen LogP contribution in [0.3, 0.4) is 0 Å². The molecule has 37 heavy (non-hydrogen) atoms. The van der Waals surface area contributed by atoms with E-state index in [9.17, 15) is 13.2 Å². The topological polar surface area (TPSA) is 185 Å². The summed E-state index contributed by atoms with van der Waals surface area (Å²) >= 11 is 0. The van der Waals surface area contributed by atoms with Gasteiger partial charge in [-0.15, -0.1) is 10.2 Å². The Morgan fingerprint density at radius 3 is 1.84 bits per heavy atom. The lowest BCUT2D eigenvalue weighted by atomic mass is 9.97. The molecule has 0 atom stereocenters. The van der Waals surface area contributed by atoms with Gasteiger partial charge in [0.1, 0.15) is 0 Å². The molecule has 0 saturated carbocycles. The summed E-state index contributed by atoms with van der Waals surface area (Å²) < 4.78 is 59.3. The Hall–Kier alpha value is -2.90. The summed E-state index contributed by atoms with van der Waals surface area (Å²) in [6.07, 6.45) is 0. The second-order valence-electron chi connectivity index (χ2n) is 8.85. The van der Waals surface area contributed by atoms with E-state index in [1.165, 1.54) is 12.1 Å². The second-order valence-corrected chi connectivity index (χ2v) is 11.2. The van der Waals surface area contributed by atoms with Crippen molar-refractivity contribution in [2.75, 3.05) is 5.32 Å². The van der Waals surface area contributed by atoms with Crippen LogP contribution in [0.2, 0.25) is 0 Å². The Morgan fingerprint density at radius 2 is 1.38 bits per heavy atom. The van der Waals surface area contributed by atoms with Crippen molar-refractivity contribution in [1.82, 2.24) is 0 Å². The van der Waals surface area contributed by atoms with Crippen molar-refractivity contribution in [1.29, 1.82) is 0 Å². The van der Waals surface area contributed by atoms with Gasteiger partial charge < -0.3 is 5.32 Å². The number of hydrogen-bond acceptors (Lipinski definition) is 7. The van der Waals surface area contributed by atoms with Crippen LogP contribution in [0.4, 0.5) is 5.69 Å². The molecule has 0 unspecified atom stereocenters. The van der Waals surface area contributed by atoms with Gasteiger partial charge in [0.15, 0.2) is 11.4 Å². The number of halogens is 1. The monoisotopic (exact) mass is 551 g/mol. The number of aromatic nitrogens is 1. The molecule has 0 aliphatic rings. The van der Waals surface area contributed by atoms with E-state index < -0.39 is 20.3 Å². The number of sulfonamides is 1. The smallest absolute Gasteiger partial charge is 0.290 e. The molecule has 0 radical (unpaired) electrons. The maximum absolute atomic E-state index is 12.9. The molecule has 3 N–H and O–H groups in total. The molecular formula is C25H30ClN3O7S. The first-order valence-corrected chi connectivity index (χ1v) is 14.0. The van der Waals surface area contributed by atoms with Crippen molar-refractivity contribution in [2.24, 2.45) is 5.14 Å². The van der Waals surface area contributed by atoms with Crippen LogP contribution in [0, 0.1) is 10.2 Å². The maximum atomic E-state index is 12.9. The zero-order valence-corrected chi connectivity index (χ0v) is 22.5. The summed E-state index contributed by atoms with van der Waals surface area (Å²) in [6.45, 7) is 8.56. The van der Waals surface area contributed by atoms with E-state index in [4.69, 9.17) is 23.8 Å². The number of pyridine rings is 1. The second kappa shape index (κ2) is 12.6. The SMILES string of the molecule is CC(C)c1cc(-c2ccccc2)cc(C(C)C)[n+]1CC(=O)Nc1cccc(S(N)(=O)=O)c1.[O-][Cl+3]([O-])([O-])[O-]. The molecular weight excluding hydrogens is 522 g/mol. The fourth-order valence-electron chi connectivity index (χ4n) is 3.70. The molecule has 12 heteroatoms. The average Bonchev–Trinajstić information content (AvgIpc) is 2.78.